The van der Waals surface area contributed by atoms with E-state index in [1.54, 1.807) is 6.92 Å². The number of nitrogens with zero attached hydrogens (tertiary/aromatic N) is 4. The highest BCUT2D eigenvalue weighted by Gasteiger charge is 2.31. The number of rotatable bonds is 6. The van der Waals surface area contributed by atoms with Crippen molar-refractivity contribution in [2.45, 2.75) is 26.3 Å². The minimum Gasteiger partial charge on any atom is -0.375 e. The standard InChI is InChI=1S/C13H14F3N5O2/c1-2-23-7-11-10(6-19-21(11)8-13(14,15)16)12(22)20-9-3-4-17-18-5-9/h3-6H,2,7-8H2,1H3,(H,17,20,22). The number of halogens is 3. The quantitative estimate of drug-likeness (QED) is 0.877. The second-order valence-corrected chi connectivity index (χ2v) is 4.50. The Bertz CT molecular complexity index is 657. The predicted molar refractivity (Wildman–Crippen MR) is 73.6 cm³/mol. The van der Waals surface area contributed by atoms with Crippen LogP contribution in [0.3, 0.4) is 0 Å². The second kappa shape index (κ2) is 7.18. The number of carbonyl (C=O) groups is 1. The third kappa shape index (κ3) is 4.74. The summed E-state index contributed by atoms with van der Waals surface area (Å²) in [6.45, 7) is 0.558. The summed E-state index contributed by atoms with van der Waals surface area (Å²) in [5.74, 6) is -0.596. The molecule has 0 radical (unpaired) electrons. The van der Waals surface area contributed by atoms with Crippen LogP contribution in [0.25, 0.3) is 0 Å². The van der Waals surface area contributed by atoms with Gasteiger partial charge in [-0.25, -0.2) is 0 Å². The molecule has 23 heavy (non-hydrogen) atoms. The van der Waals surface area contributed by atoms with Crippen molar-refractivity contribution >= 4 is 11.6 Å². The van der Waals surface area contributed by atoms with Gasteiger partial charge in [0.15, 0.2) is 0 Å². The molecule has 2 aromatic heterocycles. The summed E-state index contributed by atoms with van der Waals surface area (Å²) in [6.07, 6.45) is -0.663. The van der Waals surface area contributed by atoms with Gasteiger partial charge in [-0.15, -0.1) is 0 Å². The van der Waals surface area contributed by atoms with E-state index in [1.807, 2.05) is 0 Å². The molecule has 2 heterocycles. The van der Waals surface area contributed by atoms with Crippen LogP contribution in [-0.4, -0.2) is 38.7 Å². The molecule has 1 amide bonds. The van der Waals surface area contributed by atoms with Gasteiger partial charge in [0.2, 0.25) is 0 Å². The number of aromatic nitrogens is 4. The number of amides is 1. The van der Waals surface area contributed by atoms with Crippen molar-refractivity contribution in [3.8, 4) is 0 Å². The van der Waals surface area contributed by atoms with Crippen molar-refractivity contribution in [1.82, 2.24) is 20.0 Å². The Labute approximate surface area is 129 Å². The highest BCUT2D eigenvalue weighted by molar-refractivity contribution is 6.04. The van der Waals surface area contributed by atoms with Crippen molar-refractivity contribution in [3.05, 3.63) is 35.9 Å². The zero-order chi connectivity index (χ0) is 16.9. The number of hydrogen-bond donors (Lipinski definition) is 1. The fourth-order valence-corrected chi connectivity index (χ4v) is 1.82. The van der Waals surface area contributed by atoms with Gasteiger partial charge in [-0.1, -0.05) is 0 Å². The minimum atomic E-state index is -4.45. The summed E-state index contributed by atoms with van der Waals surface area (Å²) in [5.41, 5.74) is 0.444. The van der Waals surface area contributed by atoms with Gasteiger partial charge < -0.3 is 10.1 Å². The summed E-state index contributed by atoms with van der Waals surface area (Å²) in [6, 6.07) is 1.51. The van der Waals surface area contributed by atoms with Gasteiger partial charge >= 0.3 is 6.18 Å². The minimum absolute atomic E-state index is 0.0134. The summed E-state index contributed by atoms with van der Waals surface area (Å²) >= 11 is 0. The lowest BCUT2D eigenvalue weighted by molar-refractivity contribution is -0.143. The Morgan fingerprint density at radius 3 is 2.74 bits per heavy atom. The fourth-order valence-electron chi connectivity index (χ4n) is 1.82. The zero-order valence-corrected chi connectivity index (χ0v) is 12.2. The van der Waals surface area contributed by atoms with Crippen LogP contribution in [0, 0.1) is 0 Å². The highest BCUT2D eigenvalue weighted by Crippen LogP contribution is 2.21. The van der Waals surface area contributed by atoms with E-state index in [1.165, 1.54) is 18.5 Å². The van der Waals surface area contributed by atoms with Gasteiger partial charge in [0.05, 0.1) is 42.1 Å². The molecule has 0 aliphatic heterocycles. The molecule has 0 aliphatic rings. The monoisotopic (exact) mass is 329 g/mol. The molecule has 0 unspecified atom stereocenters. The molecular weight excluding hydrogens is 315 g/mol. The van der Waals surface area contributed by atoms with Gasteiger partial charge in [0.25, 0.3) is 5.91 Å². The summed E-state index contributed by atoms with van der Waals surface area (Å²) in [4.78, 5) is 12.2. The molecule has 0 atom stereocenters. The van der Waals surface area contributed by atoms with Crippen LogP contribution in [0.4, 0.5) is 18.9 Å². The molecule has 0 aromatic carbocycles. The smallest absolute Gasteiger partial charge is 0.375 e. The first kappa shape index (κ1) is 16.9. The molecule has 0 bridgehead atoms. The predicted octanol–water partition coefficient (Wildman–Crippen LogP) is 2.02. The summed E-state index contributed by atoms with van der Waals surface area (Å²) in [5, 5.41) is 13.3. The Balaban J connectivity index is 2.24. The number of hydrogen-bond acceptors (Lipinski definition) is 5. The molecule has 0 saturated carbocycles. The maximum Gasteiger partial charge on any atom is 0.408 e. The highest BCUT2D eigenvalue weighted by atomic mass is 19.4. The van der Waals surface area contributed by atoms with Gasteiger partial charge in [-0.05, 0) is 13.0 Å². The van der Waals surface area contributed by atoms with Crippen molar-refractivity contribution < 1.29 is 22.7 Å². The van der Waals surface area contributed by atoms with Crippen LogP contribution in [0.2, 0.25) is 0 Å². The van der Waals surface area contributed by atoms with Crippen LogP contribution in [-0.2, 0) is 17.9 Å². The second-order valence-electron chi connectivity index (χ2n) is 4.50. The van der Waals surface area contributed by atoms with Crippen molar-refractivity contribution in [2.24, 2.45) is 0 Å². The van der Waals surface area contributed by atoms with E-state index in [0.717, 1.165) is 10.9 Å². The van der Waals surface area contributed by atoms with Crippen molar-refractivity contribution in [1.29, 1.82) is 0 Å². The van der Waals surface area contributed by atoms with E-state index < -0.39 is 18.6 Å². The SMILES string of the molecule is CCOCc1c(C(=O)Nc2ccnnc2)cnn1CC(F)(F)F. The van der Waals surface area contributed by atoms with E-state index >= 15 is 0 Å². The molecule has 1 N–H and O–H groups in total. The van der Waals surface area contributed by atoms with E-state index in [0.29, 0.717) is 12.3 Å². The fraction of sp³-hybridized carbons (Fsp3) is 0.385. The molecule has 0 aliphatic carbocycles. The molecule has 10 heteroatoms. The lowest BCUT2D eigenvalue weighted by Gasteiger charge is -2.12. The summed E-state index contributed by atoms with van der Waals surface area (Å²) < 4.78 is 43.6. The first-order valence-corrected chi connectivity index (χ1v) is 6.68. The van der Waals surface area contributed by atoms with E-state index in [9.17, 15) is 18.0 Å². The van der Waals surface area contributed by atoms with Crippen LogP contribution in [0.15, 0.2) is 24.7 Å². The number of nitrogens with one attached hydrogen (secondary N) is 1. The first-order valence-electron chi connectivity index (χ1n) is 6.68. The molecule has 124 valence electrons. The maximum absolute atomic E-state index is 12.6. The van der Waals surface area contributed by atoms with Crippen LogP contribution < -0.4 is 5.32 Å². The number of carbonyl (C=O) groups excluding carboxylic acids is 1. The third-order valence-corrected chi connectivity index (χ3v) is 2.81. The number of alkyl halides is 3. The molecular formula is C13H14F3N5O2. The van der Waals surface area contributed by atoms with Crippen LogP contribution in [0.5, 0.6) is 0 Å². The number of anilines is 1. The molecule has 0 spiro atoms. The molecule has 2 aromatic rings. The Kier molecular flexibility index (Phi) is 5.27. The molecule has 2 rings (SSSR count). The van der Waals surface area contributed by atoms with Gasteiger partial charge in [0, 0.05) is 6.61 Å². The Hall–Kier alpha value is -2.49. The van der Waals surface area contributed by atoms with Crippen LogP contribution in [0.1, 0.15) is 23.0 Å². The van der Waals surface area contributed by atoms with E-state index in [4.69, 9.17) is 4.74 Å². The average Bonchev–Trinajstić information content (AvgIpc) is 2.87. The third-order valence-electron chi connectivity index (χ3n) is 2.81. The average molecular weight is 329 g/mol. The zero-order valence-electron chi connectivity index (χ0n) is 12.2. The lowest BCUT2D eigenvalue weighted by Crippen LogP contribution is -2.22. The Morgan fingerprint density at radius 2 is 2.13 bits per heavy atom. The molecule has 0 fully saturated rings. The Morgan fingerprint density at radius 1 is 1.35 bits per heavy atom. The van der Waals surface area contributed by atoms with Crippen molar-refractivity contribution in [3.63, 3.8) is 0 Å². The van der Waals surface area contributed by atoms with Gasteiger partial charge in [0.1, 0.15) is 6.54 Å². The lowest BCUT2D eigenvalue weighted by atomic mass is 10.2. The van der Waals surface area contributed by atoms with Gasteiger partial charge in [-0.3, -0.25) is 9.48 Å². The summed E-state index contributed by atoms with van der Waals surface area (Å²) in [7, 11) is 0. The first-order chi connectivity index (χ1) is 10.9. The molecule has 0 saturated heterocycles. The van der Waals surface area contributed by atoms with E-state index in [2.05, 4.69) is 20.6 Å². The number of ether oxygens (including phenoxy) is 1. The van der Waals surface area contributed by atoms with Gasteiger partial charge in [-0.2, -0.15) is 28.5 Å². The van der Waals surface area contributed by atoms with E-state index in [-0.39, 0.29) is 17.9 Å². The molecule has 7 nitrogen and oxygen atoms in total. The maximum atomic E-state index is 12.6. The largest absolute Gasteiger partial charge is 0.408 e. The topological polar surface area (TPSA) is 81.9 Å². The van der Waals surface area contributed by atoms with Crippen LogP contribution >= 0.6 is 0 Å². The van der Waals surface area contributed by atoms with Crippen molar-refractivity contribution in [2.75, 3.05) is 11.9 Å². The normalized spacial score (nSPS) is 11.5.